The number of carbonyl (C=O) groups excluding carboxylic acids is 2. The molecule has 0 spiro atoms. The summed E-state index contributed by atoms with van der Waals surface area (Å²) in [7, 11) is 1.45. The maximum Gasteiger partial charge on any atom is 0.312 e. The number of aryl methyl sites for hydroxylation is 1. The third kappa shape index (κ3) is 7.54. The summed E-state index contributed by atoms with van der Waals surface area (Å²) in [5.41, 5.74) is 2.00. The molecule has 5 N–H and O–H groups in total. The molecule has 9 atom stereocenters. The Morgan fingerprint density at radius 2 is 1.61 bits per heavy atom. The van der Waals surface area contributed by atoms with Crippen molar-refractivity contribution < 1.29 is 48.6 Å². The van der Waals surface area contributed by atoms with Crippen LogP contribution < -0.4 is 15.5 Å². The number of carbonyl (C=O) groups is 2. The summed E-state index contributed by atoms with van der Waals surface area (Å²) in [5.74, 6) is -6.19. The quantitative estimate of drug-likeness (QED) is 0.104. The highest BCUT2D eigenvalue weighted by Gasteiger charge is 2.50. The van der Waals surface area contributed by atoms with Crippen molar-refractivity contribution in [3.05, 3.63) is 80.7 Å². The number of allylic oxidation sites excluding steroid dienone is 2. The number of hydrogen-bond donors (Lipinski definition) is 5. The number of fused-ring (bicyclic) bond motifs is 14. The van der Waals surface area contributed by atoms with Crippen molar-refractivity contribution in [3.63, 3.8) is 0 Å². The van der Waals surface area contributed by atoms with Crippen molar-refractivity contribution in [3.8, 4) is 23.0 Å². The number of phenols is 1. The fourth-order valence-corrected chi connectivity index (χ4v) is 8.36. The molecule has 4 aliphatic heterocycles. The van der Waals surface area contributed by atoms with Crippen LogP contribution in [-0.4, -0.2) is 74.4 Å². The van der Waals surface area contributed by atoms with E-state index >= 15 is 0 Å². The number of nitrogens with one attached hydrogen (secondary N) is 1. The SMILES string of the molecule is CCc1cc2nc3c4c5c6c(C)c(O)c4c(=O)c(c-3oc2cc1C(C)C)NC(=O)/C(C)=C\C=C\[C@H](C)[C@H](O)[C@@H](C)[C@@H](O)[C@@H](C)[C@H](O)[C@H](C)[C@@H](OC)/C=C/O[C@@](C)(O6)C5=O. The molecule has 0 aromatic heterocycles. The molecule has 2 aromatic rings. The van der Waals surface area contributed by atoms with Gasteiger partial charge < -0.3 is 44.4 Å². The second-order valence-electron chi connectivity index (χ2n) is 16.7. The predicted octanol–water partition coefficient (Wildman–Crippen LogP) is 7.06. The van der Waals surface area contributed by atoms with Gasteiger partial charge in [-0.3, -0.25) is 14.4 Å². The van der Waals surface area contributed by atoms with Gasteiger partial charge in [-0.05, 0) is 55.5 Å². The third-order valence-corrected chi connectivity index (χ3v) is 12.3. The minimum Gasteiger partial charge on any atom is -0.507 e. The molecule has 2 aromatic carbocycles. The number of hydrogen-bond acceptors (Lipinski definition) is 12. The van der Waals surface area contributed by atoms with E-state index in [-0.39, 0.29) is 56.3 Å². The van der Waals surface area contributed by atoms with E-state index in [1.807, 2.05) is 19.1 Å². The topological polar surface area (TPSA) is 198 Å². The van der Waals surface area contributed by atoms with Gasteiger partial charge in [0.1, 0.15) is 28.4 Å². The molecule has 7 rings (SSSR count). The van der Waals surface area contributed by atoms with Crippen LogP contribution in [0.2, 0.25) is 0 Å². The Bertz CT molecular complexity index is 2430. The largest absolute Gasteiger partial charge is 0.507 e. The molecular formula is C46H56N2O11. The molecule has 0 fully saturated rings. The van der Waals surface area contributed by atoms with Crippen molar-refractivity contribution in [2.24, 2.45) is 23.7 Å². The maximum atomic E-state index is 14.7. The molecule has 0 unspecified atom stereocenters. The van der Waals surface area contributed by atoms with E-state index in [9.17, 15) is 34.8 Å². The smallest absolute Gasteiger partial charge is 0.312 e. The first-order valence-electron chi connectivity index (χ1n) is 20.2. The van der Waals surface area contributed by atoms with Crippen molar-refractivity contribution in [1.29, 1.82) is 0 Å². The summed E-state index contributed by atoms with van der Waals surface area (Å²) in [6.45, 7) is 17.5. The molecule has 13 heteroatoms. The van der Waals surface area contributed by atoms with Crippen LogP contribution in [0.3, 0.4) is 0 Å². The van der Waals surface area contributed by atoms with Crippen LogP contribution in [0, 0.1) is 30.6 Å². The van der Waals surface area contributed by atoms with Crippen molar-refractivity contribution in [2.45, 2.75) is 112 Å². The Hall–Kier alpha value is -5.08. The van der Waals surface area contributed by atoms with Gasteiger partial charge in [-0.1, -0.05) is 66.7 Å². The summed E-state index contributed by atoms with van der Waals surface area (Å²) in [6, 6.07) is 3.77. The highest BCUT2D eigenvalue weighted by Crippen LogP contribution is 2.50. The third-order valence-electron chi connectivity index (χ3n) is 12.3. The zero-order chi connectivity index (χ0) is 43.4. The molecule has 5 aliphatic rings. The van der Waals surface area contributed by atoms with Gasteiger partial charge >= 0.3 is 5.79 Å². The molecule has 1 amide bonds. The first-order valence-corrected chi connectivity index (χ1v) is 20.2. The van der Waals surface area contributed by atoms with E-state index in [0.717, 1.165) is 11.1 Å². The minimum absolute atomic E-state index is 0.0174. The molecule has 13 nitrogen and oxygen atoms in total. The second kappa shape index (κ2) is 16.5. The highest BCUT2D eigenvalue weighted by atomic mass is 16.7. The number of Topliss-reactive ketones (excluding diaryl/α,β-unsaturated/α-hetero) is 1. The van der Waals surface area contributed by atoms with Crippen LogP contribution in [-0.2, 0) is 20.7 Å². The number of nitrogens with zero attached hydrogens (tertiary/aromatic N) is 1. The molecule has 1 aliphatic carbocycles. The standard InChI is InChI=1S/C46H56N2O11/c1-12-27-18-29-31(19-28(27)20(2)3)58-43-35(47-29)32-33-40(52)26(9)42-34(32)44(54)46(10,59-42)57-17-16-30(56-11)23(6)38(50)25(8)39(51)24(7)37(49)21(4)14-13-15-22(5)45(55)48-36(43)41(33)53/h13-21,23-25,30,37-39,49-52H,12H2,1-11H3,(H,48,55)/b14-13+,17-16+,22-15-/t21-,23+,24+,25-,30-,37-,38+,39+,46-/m0/s1. The average molecular weight is 813 g/mol. The number of rotatable bonds is 3. The fourth-order valence-electron chi connectivity index (χ4n) is 8.36. The number of aromatic nitrogens is 1. The molecule has 0 saturated heterocycles. The van der Waals surface area contributed by atoms with Crippen LogP contribution >= 0.6 is 0 Å². The number of phenolic OH excluding ortho intramolecular Hbond substituents is 1. The average Bonchev–Trinajstić information content (AvgIpc) is 3.48. The van der Waals surface area contributed by atoms with Crippen LogP contribution in [0.5, 0.6) is 11.5 Å². The van der Waals surface area contributed by atoms with E-state index < -0.39 is 76.7 Å². The van der Waals surface area contributed by atoms with Gasteiger partial charge in [0.15, 0.2) is 11.3 Å². The predicted molar refractivity (Wildman–Crippen MR) is 225 cm³/mol. The van der Waals surface area contributed by atoms with E-state index in [1.165, 1.54) is 39.4 Å². The lowest BCUT2D eigenvalue weighted by atomic mass is 9.78. The highest BCUT2D eigenvalue weighted by molar-refractivity contribution is 6.22. The van der Waals surface area contributed by atoms with Gasteiger partial charge in [-0.15, -0.1) is 0 Å². The van der Waals surface area contributed by atoms with Crippen molar-refractivity contribution in [1.82, 2.24) is 4.98 Å². The summed E-state index contributed by atoms with van der Waals surface area (Å²) >= 11 is 0. The monoisotopic (exact) mass is 812 g/mol. The molecular weight excluding hydrogens is 757 g/mol. The first-order chi connectivity index (χ1) is 27.8. The van der Waals surface area contributed by atoms with Gasteiger partial charge in [0.05, 0.1) is 41.6 Å². The number of ketones is 1. The normalized spacial score (nSPS) is 30.4. The van der Waals surface area contributed by atoms with Crippen LogP contribution in [0.1, 0.15) is 95.3 Å². The van der Waals surface area contributed by atoms with Gasteiger partial charge in [0.2, 0.25) is 5.43 Å². The Morgan fingerprint density at radius 3 is 2.25 bits per heavy atom. The number of aromatic hydroxyl groups is 1. The van der Waals surface area contributed by atoms with E-state index in [1.54, 1.807) is 46.8 Å². The second-order valence-corrected chi connectivity index (χ2v) is 16.7. The van der Waals surface area contributed by atoms with E-state index in [0.29, 0.717) is 17.5 Å². The lowest BCUT2D eigenvalue weighted by Gasteiger charge is -2.36. The number of methoxy groups -OCH3 is 1. The minimum atomic E-state index is -1.99. The van der Waals surface area contributed by atoms with Crippen LogP contribution in [0.4, 0.5) is 5.69 Å². The molecule has 0 saturated carbocycles. The number of ether oxygens (including phenoxy) is 3. The summed E-state index contributed by atoms with van der Waals surface area (Å²) in [4.78, 5) is 48.1. The van der Waals surface area contributed by atoms with E-state index in [4.69, 9.17) is 23.6 Å². The zero-order valence-corrected chi connectivity index (χ0v) is 35.5. The maximum absolute atomic E-state index is 14.7. The molecule has 4 heterocycles. The van der Waals surface area contributed by atoms with Crippen LogP contribution in [0.15, 0.2) is 57.5 Å². The van der Waals surface area contributed by atoms with Crippen molar-refractivity contribution in [2.75, 3.05) is 12.4 Å². The lowest BCUT2D eigenvalue weighted by molar-refractivity contribution is -0.112. The first kappa shape index (κ1) is 43.5. The number of aliphatic hydroxyl groups excluding tert-OH is 3. The molecule has 316 valence electrons. The van der Waals surface area contributed by atoms with Gasteiger partial charge in [0.25, 0.3) is 11.7 Å². The summed E-state index contributed by atoms with van der Waals surface area (Å²) in [5, 5.41) is 48.1. The van der Waals surface area contributed by atoms with Crippen molar-refractivity contribution >= 4 is 39.2 Å². The number of benzene rings is 3. The number of amides is 1. The van der Waals surface area contributed by atoms with Crippen LogP contribution in [0.25, 0.3) is 33.3 Å². The number of anilines is 1. The number of aliphatic hydroxyl groups is 3. The zero-order valence-electron chi connectivity index (χ0n) is 35.5. The van der Waals surface area contributed by atoms with Gasteiger partial charge in [0, 0.05) is 54.2 Å². The summed E-state index contributed by atoms with van der Waals surface area (Å²) in [6.07, 6.45) is 4.32. The summed E-state index contributed by atoms with van der Waals surface area (Å²) < 4.78 is 24.5. The Balaban J connectivity index is 1.62. The van der Waals surface area contributed by atoms with E-state index in [2.05, 4.69) is 19.2 Å². The fraction of sp³-hybridized carbons (Fsp3) is 0.478. The Morgan fingerprint density at radius 1 is 0.949 bits per heavy atom. The molecule has 5 bridgehead atoms. The van der Waals surface area contributed by atoms with Gasteiger partial charge in [-0.25, -0.2) is 4.98 Å². The molecule has 59 heavy (non-hydrogen) atoms. The lowest BCUT2D eigenvalue weighted by Crippen LogP contribution is -2.44. The van der Waals surface area contributed by atoms with Gasteiger partial charge in [-0.2, -0.15) is 0 Å². The molecule has 0 radical (unpaired) electrons. The Kier molecular flexibility index (Phi) is 12.2. The Labute approximate surface area is 343 Å².